The van der Waals surface area contributed by atoms with E-state index in [1.807, 2.05) is 0 Å². The molecule has 0 saturated heterocycles. The van der Waals surface area contributed by atoms with Gasteiger partial charge >= 0.3 is 5.69 Å². The molecular weight excluding hydrogens is 317 g/mol. The van der Waals surface area contributed by atoms with E-state index in [9.17, 15) is 19.3 Å². The van der Waals surface area contributed by atoms with E-state index in [-0.39, 0.29) is 29.1 Å². The summed E-state index contributed by atoms with van der Waals surface area (Å²) < 4.78 is 19.5. The SMILES string of the molecule is COc1cc(Cn2cnc3cc(F)ccc3c2=O)ccc1[N+](=O)[O-]. The van der Waals surface area contributed by atoms with Crippen LogP contribution >= 0.6 is 0 Å². The van der Waals surface area contributed by atoms with Crippen molar-refractivity contribution < 1.29 is 14.1 Å². The zero-order chi connectivity index (χ0) is 17.3. The number of ether oxygens (including phenoxy) is 1. The molecule has 3 aromatic rings. The molecule has 122 valence electrons. The number of hydrogen-bond acceptors (Lipinski definition) is 5. The molecular formula is C16H12FN3O4. The first kappa shape index (κ1) is 15.6. The minimum absolute atomic E-state index is 0.112. The lowest BCUT2D eigenvalue weighted by atomic mass is 10.2. The van der Waals surface area contributed by atoms with Gasteiger partial charge in [0, 0.05) is 12.1 Å². The number of aromatic nitrogens is 2. The highest BCUT2D eigenvalue weighted by Gasteiger charge is 2.15. The van der Waals surface area contributed by atoms with Crippen LogP contribution in [-0.2, 0) is 6.54 Å². The third kappa shape index (κ3) is 2.81. The van der Waals surface area contributed by atoms with Gasteiger partial charge in [-0.1, -0.05) is 6.07 Å². The largest absolute Gasteiger partial charge is 0.490 e. The molecule has 0 N–H and O–H groups in total. The molecule has 0 atom stereocenters. The highest BCUT2D eigenvalue weighted by atomic mass is 19.1. The van der Waals surface area contributed by atoms with E-state index in [4.69, 9.17) is 4.74 Å². The summed E-state index contributed by atoms with van der Waals surface area (Å²) in [6.45, 7) is 0.160. The Balaban J connectivity index is 2.01. The van der Waals surface area contributed by atoms with E-state index in [2.05, 4.69) is 4.98 Å². The molecule has 0 spiro atoms. The summed E-state index contributed by atoms with van der Waals surface area (Å²) in [6.07, 6.45) is 1.32. The van der Waals surface area contributed by atoms with Gasteiger partial charge in [0.2, 0.25) is 0 Å². The van der Waals surface area contributed by atoms with E-state index < -0.39 is 10.7 Å². The highest BCUT2D eigenvalue weighted by Crippen LogP contribution is 2.27. The summed E-state index contributed by atoms with van der Waals surface area (Å²) in [6, 6.07) is 8.14. The molecule has 8 heteroatoms. The Morgan fingerprint density at radius 1 is 1.29 bits per heavy atom. The van der Waals surface area contributed by atoms with Gasteiger partial charge in [-0.25, -0.2) is 9.37 Å². The first-order valence-electron chi connectivity index (χ1n) is 6.95. The van der Waals surface area contributed by atoms with Crippen molar-refractivity contribution in [3.05, 3.63) is 74.6 Å². The van der Waals surface area contributed by atoms with E-state index in [1.54, 1.807) is 6.07 Å². The normalized spacial score (nSPS) is 10.8. The summed E-state index contributed by atoms with van der Waals surface area (Å²) in [5, 5.41) is 11.2. The van der Waals surface area contributed by atoms with Gasteiger partial charge in [0.05, 0.1) is 35.8 Å². The monoisotopic (exact) mass is 329 g/mol. The Hall–Kier alpha value is -3.29. The van der Waals surface area contributed by atoms with Crippen molar-refractivity contribution in [2.24, 2.45) is 0 Å². The Morgan fingerprint density at radius 2 is 2.08 bits per heavy atom. The van der Waals surface area contributed by atoms with E-state index >= 15 is 0 Å². The molecule has 3 rings (SSSR count). The summed E-state index contributed by atoms with van der Waals surface area (Å²) in [5.74, 6) is -0.353. The molecule has 2 aromatic carbocycles. The van der Waals surface area contributed by atoms with Crippen molar-refractivity contribution in [3.8, 4) is 5.75 Å². The van der Waals surface area contributed by atoms with Gasteiger partial charge in [-0.05, 0) is 23.8 Å². The predicted octanol–water partition coefficient (Wildman–Crippen LogP) is 2.50. The van der Waals surface area contributed by atoms with Gasteiger partial charge in [-0.2, -0.15) is 0 Å². The molecule has 0 radical (unpaired) electrons. The lowest BCUT2D eigenvalue weighted by Gasteiger charge is -2.08. The number of nitro benzene ring substituents is 1. The standard InChI is InChI=1S/C16H12FN3O4/c1-24-15-6-10(2-5-14(15)20(22)23)8-19-9-18-13-7-11(17)3-4-12(13)16(19)21/h2-7,9H,8H2,1H3. The van der Waals surface area contributed by atoms with E-state index in [0.29, 0.717) is 10.9 Å². The minimum atomic E-state index is -0.541. The molecule has 0 saturated carbocycles. The zero-order valence-electron chi connectivity index (χ0n) is 12.6. The van der Waals surface area contributed by atoms with Crippen LogP contribution in [-0.4, -0.2) is 21.6 Å². The smallest absolute Gasteiger partial charge is 0.310 e. The number of fused-ring (bicyclic) bond motifs is 1. The maximum absolute atomic E-state index is 13.2. The second-order valence-electron chi connectivity index (χ2n) is 5.10. The number of rotatable bonds is 4. The zero-order valence-corrected chi connectivity index (χ0v) is 12.6. The Kier molecular flexibility index (Phi) is 3.95. The van der Waals surface area contributed by atoms with Crippen molar-refractivity contribution in [3.63, 3.8) is 0 Å². The molecule has 0 aliphatic heterocycles. The van der Waals surface area contributed by atoms with Gasteiger partial charge in [0.25, 0.3) is 5.56 Å². The van der Waals surface area contributed by atoms with E-state index in [1.165, 1.54) is 48.3 Å². The van der Waals surface area contributed by atoms with Crippen LogP contribution in [0.4, 0.5) is 10.1 Å². The van der Waals surface area contributed by atoms with Crippen molar-refractivity contribution in [2.45, 2.75) is 6.54 Å². The Morgan fingerprint density at radius 3 is 2.79 bits per heavy atom. The first-order chi connectivity index (χ1) is 11.5. The predicted molar refractivity (Wildman–Crippen MR) is 84.7 cm³/mol. The molecule has 0 amide bonds. The number of benzene rings is 2. The maximum Gasteiger partial charge on any atom is 0.310 e. The maximum atomic E-state index is 13.2. The lowest BCUT2D eigenvalue weighted by molar-refractivity contribution is -0.385. The molecule has 1 heterocycles. The third-order valence-corrected chi connectivity index (χ3v) is 3.58. The fourth-order valence-corrected chi connectivity index (χ4v) is 2.41. The quantitative estimate of drug-likeness (QED) is 0.542. The molecule has 0 unspecified atom stereocenters. The molecule has 0 aliphatic rings. The lowest BCUT2D eigenvalue weighted by Crippen LogP contribution is -2.21. The van der Waals surface area contributed by atoms with Crippen molar-refractivity contribution in [1.29, 1.82) is 0 Å². The van der Waals surface area contributed by atoms with Crippen LogP contribution in [0.3, 0.4) is 0 Å². The highest BCUT2D eigenvalue weighted by molar-refractivity contribution is 5.77. The minimum Gasteiger partial charge on any atom is -0.490 e. The van der Waals surface area contributed by atoms with Gasteiger partial charge in [-0.3, -0.25) is 19.5 Å². The molecule has 0 bridgehead atoms. The summed E-state index contributed by atoms with van der Waals surface area (Å²) in [4.78, 5) is 26.9. The van der Waals surface area contributed by atoms with Gasteiger partial charge in [-0.15, -0.1) is 0 Å². The van der Waals surface area contributed by atoms with Crippen molar-refractivity contribution in [2.75, 3.05) is 7.11 Å². The number of hydrogen-bond donors (Lipinski definition) is 0. The van der Waals surface area contributed by atoms with E-state index in [0.717, 1.165) is 0 Å². The summed E-state index contributed by atoms with van der Waals surface area (Å²) in [7, 11) is 1.34. The molecule has 0 aliphatic carbocycles. The van der Waals surface area contributed by atoms with Crippen LogP contribution in [0, 0.1) is 15.9 Å². The van der Waals surface area contributed by atoms with Gasteiger partial charge in [0.1, 0.15) is 5.82 Å². The van der Waals surface area contributed by atoms with Gasteiger partial charge < -0.3 is 4.74 Å². The second-order valence-corrected chi connectivity index (χ2v) is 5.10. The molecule has 7 nitrogen and oxygen atoms in total. The fourth-order valence-electron chi connectivity index (χ4n) is 2.41. The van der Waals surface area contributed by atoms with Crippen LogP contribution in [0.2, 0.25) is 0 Å². The van der Waals surface area contributed by atoms with Gasteiger partial charge in [0.15, 0.2) is 5.75 Å². The van der Waals surface area contributed by atoms with Crippen LogP contribution in [0.5, 0.6) is 5.75 Å². The van der Waals surface area contributed by atoms with Crippen LogP contribution < -0.4 is 10.3 Å². The van der Waals surface area contributed by atoms with Crippen LogP contribution in [0.15, 0.2) is 47.5 Å². The van der Waals surface area contributed by atoms with Crippen LogP contribution in [0.1, 0.15) is 5.56 Å². The number of nitrogens with zero attached hydrogens (tertiary/aromatic N) is 3. The van der Waals surface area contributed by atoms with Crippen molar-refractivity contribution >= 4 is 16.6 Å². The van der Waals surface area contributed by atoms with Crippen molar-refractivity contribution in [1.82, 2.24) is 9.55 Å². The number of halogens is 1. The van der Waals surface area contributed by atoms with Crippen LogP contribution in [0.25, 0.3) is 10.9 Å². The Labute approximate surface area is 135 Å². The Bertz CT molecular complexity index is 1000. The third-order valence-electron chi connectivity index (χ3n) is 3.58. The molecule has 24 heavy (non-hydrogen) atoms. The first-order valence-corrected chi connectivity index (χ1v) is 6.95. The molecule has 1 aromatic heterocycles. The summed E-state index contributed by atoms with van der Waals surface area (Å²) in [5.41, 5.74) is 0.443. The summed E-state index contributed by atoms with van der Waals surface area (Å²) >= 11 is 0. The average molecular weight is 329 g/mol. The fraction of sp³-hybridized carbons (Fsp3) is 0.125. The topological polar surface area (TPSA) is 87.3 Å². The average Bonchev–Trinajstić information content (AvgIpc) is 2.57. The second kappa shape index (κ2) is 6.07. The number of nitro groups is 1. The number of methoxy groups -OCH3 is 1. The molecule has 0 fully saturated rings.